The second kappa shape index (κ2) is 7.00. The van der Waals surface area contributed by atoms with Crippen molar-refractivity contribution < 1.29 is 13.2 Å². The Bertz CT molecular complexity index is 957. The molecule has 0 saturated heterocycles. The zero-order valence-electron chi connectivity index (χ0n) is 15.3. The Morgan fingerprint density at radius 1 is 1.04 bits per heavy atom. The summed E-state index contributed by atoms with van der Waals surface area (Å²) in [6, 6.07) is 13.8. The smallest absolute Gasteiger partial charge is 0.262 e. The molecule has 142 valence electrons. The first kappa shape index (κ1) is 18.0. The molecule has 0 spiro atoms. The zero-order chi connectivity index (χ0) is 19.0. The van der Waals surface area contributed by atoms with Gasteiger partial charge in [-0.25, -0.2) is 8.42 Å². The minimum Gasteiger partial charge on any atom is -0.349 e. The molecule has 0 aliphatic heterocycles. The van der Waals surface area contributed by atoms with E-state index in [0.717, 1.165) is 12.3 Å². The molecule has 2 saturated carbocycles. The third kappa shape index (κ3) is 3.72. The molecular weight excluding hydrogens is 360 g/mol. The second-order valence-corrected chi connectivity index (χ2v) is 9.36. The highest BCUT2D eigenvalue weighted by atomic mass is 32.2. The molecular formula is C21H24N2O3S. The van der Waals surface area contributed by atoms with Crippen LogP contribution in [0.15, 0.2) is 53.4 Å². The highest BCUT2D eigenvalue weighted by Crippen LogP contribution is 2.44. The van der Waals surface area contributed by atoms with Gasteiger partial charge in [0.25, 0.3) is 15.9 Å². The Hall–Kier alpha value is -2.34. The lowest BCUT2D eigenvalue weighted by Gasteiger charge is -2.23. The summed E-state index contributed by atoms with van der Waals surface area (Å²) in [7, 11) is -3.77. The van der Waals surface area contributed by atoms with Crippen LogP contribution in [-0.4, -0.2) is 20.4 Å². The van der Waals surface area contributed by atoms with Gasteiger partial charge in [0.15, 0.2) is 0 Å². The SMILES string of the molecule is Cc1ccc(C(=O)N[C@@H]2C[C@H]3CC[C@H]2C3)cc1S(=O)(=O)Nc1ccccc1. The van der Waals surface area contributed by atoms with Crippen molar-refractivity contribution in [3.8, 4) is 0 Å². The number of amides is 1. The first-order valence-electron chi connectivity index (χ1n) is 9.42. The summed E-state index contributed by atoms with van der Waals surface area (Å²) < 4.78 is 28.2. The van der Waals surface area contributed by atoms with E-state index >= 15 is 0 Å². The zero-order valence-corrected chi connectivity index (χ0v) is 16.1. The van der Waals surface area contributed by atoms with Gasteiger partial charge in [-0.15, -0.1) is 0 Å². The number of aryl methyl sites for hydroxylation is 1. The molecule has 5 nitrogen and oxygen atoms in total. The molecule has 27 heavy (non-hydrogen) atoms. The van der Waals surface area contributed by atoms with Gasteiger partial charge in [-0.05, 0) is 67.9 Å². The summed E-state index contributed by atoms with van der Waals surface area (Å²) in [4.78, 5) is 12.8. The number of fused-ring (bicyclic) bond motifs is 2. The number of sulfonamides is 1. The molecule has 6 heteroatoms. The Morgan fingerprint density at radius 3 is 2.48 bits per heavy atom. The van der Waals surface area contributed by atoms with Crippen LogP contribution in [0.3, 0.4) is 0 Å². The molecule has 2 fully saturated rings. The predicted molar refractivity (Wildman–Crippen MR) is 105 cm³/mol. The van der Waals surface area contributed by atoms with E-state index in [1.807, 2.05) is 6.07 Å². The van der Waals surface area contributed by atoms with Crippen molar-refractivity contribution in [1.82, 2.24) is 5.32 Å². The average molecular weight is 385 g/mol. The molecule has 0 heterocycles. The molecule has 2 aliphatic carbocycles. The number of benzene rings is 2. The summed E-state index contributed by atoms with van der Waals surface area (Å²) in [6.07, 6.45) is 4.71. The number of hydrogen-bond donors (Lipinski definition) is 2. The standard InChI is InChI=1S/C21H24N2O3S/c1-14-7-9-17(21(24)22-19-12-15-8-10-16(19)11-15)13-20(14)27(25,26)23-18-5-3-2-4-6-18/h2-7,9,13,15-16,19,23H,8,10-12H2,1H3,(H,22,24)/t15-,16-,19+/m0/s1. The lowest BCUT2D eigenvalue weighted by atomic mass is 9.95. The van der Waals surface area contributed by atoms with E-state index in [2.05, 4.69) is 10.0 Å². The van der Waals surface area contributed by atoms with Crippen LogP contribution in [0.4, 0.5) is 5.69 Å². The molecule has 0 aromatic heterocycles. The van der Waals surface area contributed by atoms with E-state index in [9.17, 15) is 13.2 Å². The molecule has 0 radical (unpaired) electrons. The van der Waals surface area contributed by atoms with E-state index in [0.29, 0.717) is 22.7 Å². The molecule has 2 aliphatic rings. The molecule has 2 bridgehead atoms. The van der Waals surface area contributed by atoms with Crippen LogP contribution < -0.4 is 10.0 Å². The quantitative estimate of drug-likeness (QED) is 0.825. The fourth-order valence-electron chi connectivity index (χ4n) is 4.42. The van der Waals surface area contributed by atoms with Crippen molar-refractivity contribution in [3.63, 3.8) is 0 Å². The summed E-state index contributed by atoms with van der Waals surface area (Å²) >= 11 is 0. The third-order valence-electron chi connectivity index (χ3n) is 5.82. The lowest BCUT2D eigenvalue weighted by molar-refractivity contribution is 0.0922. The van der Waals surface area contributed by atoms with Gasteiger partial charge in [0.1, 0.15) is 0 Å². The normalized spacial score (nSPS) is 24.0. The summed E-state index contributed by atoms with van der Waals surface area (Å²) in [5.74, 6) is 1.13. The van der Waals surface area contributed by atoms with Crippen molar-refractivity contribution in [2.45, 2.75) is 43.5 Å². The molecule has 2 N–H and O–H groups in total. The van der Waals surface area contributed by atoms with Gasteiger partial charge in [-0.2, -0.15) is 0 Å². The van der Waals surface area contributed by atoms with Crippen LogP contribution in [0, 0.1) is 18.8 Å². The third-order valence-corrected chi connectivity index (χ3v) is 7.34. The Kier molecular flexibility index (Phi) is 4.68. The van der Waals surface area contributed by atoms with Crippen molar-refractivity contribution in [2.75, 3.05) is 4.72 Å². The topological polar surface area (TPSA) is 75.3 Å². The highest BCUT2D eigenvalue weighted by Gasteiger charge is 2.40. The van der Waals surface area contributed by atoms with Gasteiger partial charge >= 0.3 is 0 Å². The monoisotopic (exact) mass is 384 g/mol. The maximum Gasteiger partial charge on any atom is 0.262 e. The fraction of sp³-hybridized carbons (Fsp3) is 0.381. The Labute approximate surface area is 160 Å². The van der Waals surface area contributed by atoms with Crippen molar-refractivity contribution in [2.24, 2.45) is 11.8 Å². The largest absolute Gasteiger partial charge is 0.349 e. The number of hydrogen-bond acceptors (Lipinski definition) is 3. The molecule has 2 aromatic rings. The van der Waals surface area contributed by atoms with Crippen LogP contribution in [0.5, 0.6) is 0 Å². The predicted octanol–water partition coefficient (Wildman–Crippen LogP) is 3.71. The van der Waals surface area contributed by atoms with E-state index in [4.69, 9.17) is 0 Å². The van der Waals surface area contributed by atoms with Gasteiger partial charge in [0.2, 0.25) is 0 Å². The van der Waals surface area contributed by atoms with Crippen LogP contribution in [0.2, 0.25) is 0 Å². The maximum atomic E-state index is 12.8. The number of carbonyl (C=O) groups excluding carboxylic acids is 1. The van der Waals surface area contributed by atoms with E-state index in [-0.39, 0.29) is 16.8 Å². The van der Waals surface area contributed by atoms with Gasteiger partial charge in [0, 0.05) is 17.3 Å². The summed E-state index contributed by atoms with van der Waals surface area (Å²) in [5, 5.41) is 3.12. The second-order valence-electron chi connectivity index (χ2n) is 7.71. The molecule has 0 unspecified atom stereocenters. The van der Waals surface area contributed by atoms with Crippen molar-refractivity contribution >= 4 is 21.6 Å². The molecule has 3 atom stereocenters. The highest BCUT2D eigenvalue weighted by molar-refractivity contribution is 7.92. The minimum atomic E-state index is -3.77. The number of rotatable bonds is 5. The summed E-state index contributed by atoms with van der Waals surface area (Å²) in [6.45, 7) is 1.73. The summed E-state index contributed by atoms with van der Waals surface area (Å²) in [5.41, 5.74) is 1.49. The Balaban J connectivity index is 1.55. The number of nitrogens with one attached hydrogen (secondary N) is 2. The molecule has 1 amide bonds. The number of anilines is 1. The maximum absolute atomic E-state index is 12.8. The number of para-hydroxylation sites is 1. The lowest BCUT2D eigenvalue weighted by Crippen LogP contribution is -2.38. The van der Waals surface area contributed by atoms with Gasteiger partial charge in [-0.1, -0.05) is 30.7 Å². The minimum absolute atomic E-state index is 0.131. The molecule has 4 rings (SSSR count). The van der Waals surface area contributed by atoms with Crippen LogP contribution in [-0.2, 0) is 10.0 Å². The number of carbonyl (C=O) groups is 1. The average Bonchev–Trinajstić information content (AvgIpc) is 3.25. The van der Waals surface area contributed by atoms with Gasteiger partial charge in [-0.3, -0.25) is 9.52 Å². The Morgan fingerprint density at radius 2 is 1.81 bits per heavy atom. The van der Waals surface area contributed by atoms with Gasteiger partial charge in [0.05, 0.1) is 4.90 Å². The van der Waals surface area contributed by atoms with Crippen molar-refractivity contribution in [3.05, 3.63) is 59.7 Å². The first-order chi connectivity index (χ1) is 12.9. The first-order valence-corrected chi connectivity index (χ1v) is 10.9. The van der Waals surface area contributed by atoms with E-state index < -0.39 is 10.0 Å². The van der Waals surface area contributed by atoms with Crippen LogP contribution in [0.25, 0.3) is 0 Å². The molecule has 2 aromatic carbocycles. The van der Waals surface area contributed by atoms with E-state index in [1.54, 1.807) is 43.3 Å². The van der Waals surface area contributed by atoms with Gasteiger partial charge < -0.3 is 5.32 Å². The van der Waals surface area contributed by atoms with E-state index in [1.165, 1.54) is 25.3 Å². The van der Waals surface area contributed by atoms with Crippen molar-refractivity contribution in [1.29, 1.82) is 0 Å². The van der Waals surface area contributed by atoms with Crippen LogP contribution >= 0.6 is 0 Å². The fourth-order valence-corrected chi connectivity index (χ4v) is 5.75. The van der Waals surface area contributed by atoms with Crippen LogP contribution in [0.1, 0.15) is 41.6 Å².